The normalized spacial score (nSPS) is 21.3. The van der Waals surface area contributed by atoms with E-state index in [4.69, 9.17) is 0 Å². The fourth-order valence-electron chi connectivity index (χ4n) is 5.00. The molecule has 2 saturated carbocycles. The van der Waals surface area contributed by atoms with E-state index in [2.05, 4.69) is 6.92 Å². The minimum absolute atomic E-state index is 1.05. The predicted molar refractivity (Wildman–Crippen MR) is 104 cm³/mol. The summed E-state index contributed by atoms with van der Waals surface area (Å²) < 4.78 is 0. The summed E-state index contributed by atoms with van der Waals surface area (Å²) >= 11 is 0. The zero-order valence-electron chi connectivity index (χ0n) is 16.1. The molecule has 23 heavy (non-hydrogen) atoms. The quantitative estimate of drug-likeness (QED) is 0.318. The summed E-state index contributed by atoms with van der Waals surface area (Å²) in [5, 5.41) is 0. The molecular formula is C23H43. The van der Waals surface area contributed by atoms with Crippen LogP contribution in [0, 0.1) is 17.8 Å². The maximum absolute atomic E-state index is 2.31. The maximum Gasteiger partial charge on any atom is -0.0210 e. The predicted octanol–water partition coefficient (Wildman–Crippen LogP) is 8.25. The molecule has 0 aromatic heterocycles. The summed E-state index contributed by atoms with van der Waals surface area (Å²) in [5.74, 6) is 4.10. The SMILES string of the molecule is CCCCCCCCCCCCC1CC[C](C2CCCC2)CC1. The van der Waals surface area contributed by atoms with Gasteiger partial charge in [-0.15, -0.1) is 0 Å². The van der Waals surface area contributed by atoms with Crippen LogP contribution in [0.4, 0.5) is 0 Å². The van der Waals surface area contributed by atoms with Crippen LogP contribution < -0.4 is 0 Å². The Labute approximate surface area is 147 Å². The Bertz CT molecular complexity index is 255. The third kappa shape index (κ3) is 8.08. The van der Waals surface area contributed by atoms with Crippen molar-refractivity contribution in [1.29, 1.82) is 0 Å². The average molecular weight is 320 g/mol. The second-order valence-electron chi connectivity index (χ2n) is 8.55. The lowest BCUT2D eigenvalue weighted by Gasteiger charge is -2.31. The van der Waals surface area contributed by atoms with Crippen LogP contribution in [0.5, 0.6) is 0 Å². The molecule has 0 heteroatoms. The van der Waals surface area contributed by atoms with E-state index in [0.29, 0.717) is 0 Å². The van der Waals surface area contributed by atoms with Crippen molar-refractivity contribution in [2.75, 3.05) is 0 Å². The second-order valence-corrected chi connectivity index (χ2v) is 8.55. The van der Waals surface area contributed by atoms with E-state index in [9.17, 15) is 0 Å². The molecule has 135 valence electrons. The Kier molecular flexibility index (Phi) is 10.4. The Hall–Kier alpha value is 0. The number of unbranched alkanes of at least 4 members (excludes halogenated alkanes) is 9. The van der Waals surface area contributed by atoms with Crippen LogP contribution >= 0.6 is 0 Å². The fourth-order valence-corrected chi connectivity index (χ4v) is 5.00. The van der Waals surface area contributed by atoms with E-state index in [1.807, 2.05) is 5.92 Å². The molecule has 0 atom stereocenters. The number of hydrogen-bond acceptors (Lipinski definition) is 0. The molecule has 2 aliphatic carbocycles. The van der Waals surface area contributed by atoms with Gasteiger partial charge in [0, 0.05) is 0 Å². The first-order chi connectivity index (χ1) is 11.4. The topological polar surface area (TPSA) is 0 Å². The van der Waals surface area contributed by atoms with E-state index in [-0.39, 0.29) is 0 Å². The standard InChI is InChI=1S/C23H43/c1-2-3-4-5-6-7-8-9-10-11-14-21-17-19-23(20-18-21)22-15-12-13-16-22/h21-22H,2-20H2,1H3. The molecule has 1 radical (unpaired) electrons. The van der Waals surface area contributed by atoms with Gasteiger partial charge >= 0.3 is 0 Å². The Morgan fingerprint density at radius 3 is 1.74 bits per heavy atom. The van der Waals surface area contributed by atoms with Gasteiger partial charge in [0.05, 0.1) is 0 Å². The van der Waals surface area contributed by atoms with E-state index in [0.717, 1.165) is 11.8 Å². The summed E-state index contributed by atoms with van der Waals surface area (Å²) in [6.07, 6.45) is 28.4. The van der Waals surface area contributed by atoms with Gasteiger partial charge in [0.25, 0.3) is 0 Å². The molecule has 0 heterocycles. The molecule has 2 aliphatic rings. The average Bonchev–Trinajstić information content (AvgIpc) is 3.12. The van der Waals surface area contributed by atoms with Crippen LogP contribution in [0.15, 0.2) is 0 Å². The van der Waals surface area contributed by atoms with Crippen molar-refractivity contribution in [1.82, 2.24) is 0 Å². The lowest BCUT2D eigenvalue weighted by Crippen LogP contribution is -2.18. The van der Waals surface area contributed by atoms with Crippen molar-refractivity contribution in [2.45, 2.75) is 129 Å². The maximum atomic E-state index is 2.31. The van der Waals surface area contributed by atoms with Crippen molar-refractivity contribution in [3.05, 3.63) is 5.92 Å². The first-order valence-corrected chi connectivity index (χ1v) is 11.2. The molecule has 0 nitrogen and oxygen atoms in total. The van der Waals surface area contributed by atoms with E-state index in [1.54, 1.807) is 0 Å². The molecule has 0 aromatic rings. The minimum atomic E-state index is 1.05. The lowest BCUT2D eigenvalue weighted by molar-refractivity contribution is 0.310. The van der Waals surface area contributed by atoms with Gasteiger partial charge in [0.1, 0.15) is 0 Å². The van der Waals surface area contributed by atoms with Gasteiger partial charge < -0.3 is 0 Å². The third-order valence-electron chi connectivity index (χ3n) is 6.65. The van der Waals surface area contributed by atoms with Gasteiger partial charge in [-0.25, -0.2) is 0 Å². The summed E-state index contributed by atoms with van der Waals surface area (Å²) in [6.45, 7) is 2.31. The van der Waals surface area contributed by atoms with E-state index >= 15 is 0 Å². The van der Waals surface area contributed by atoms with Gasteiger partial charge in [0.2, 0.25) is 0 Å². The summed E-state index contributed by atoms with van der Waals surface area (Å²) in [6, 6.07) is 0. The highest BCUT2D eigenvalue weighted by molar-refractivity contribution is 5.01. The molecule has 0 bridgehead atoms. The molecular weight excluding hydrogens is 276 g/mol. The van der Waals surface area contributed by atoms with Crippen LogP contribution in [0.3, 0.4) is 0 Å². The highest BCUT2D eigenvalue weighted by Gasteiger charge is 2.29. The zero-order chi connectivity index (χ0) is 16.2. The third-order valence-corrected chi connectivity index (χ3v) is 6.65. The highest BCUT2D eigenvalue weighted by atomic mass is 14.3. The van der Waals surface area contributed by atoms with Crippen molar-refractivity contribution >= 4 is 0 Å². The van der Waals surface area contributed by atoms with Gasteiger partial charge in [-0.3, -0.25) is 0 Å². The number of rotatable bonds is 12. The smallest absolute Gasteiger partial charge is 0.0210 e. The first-order valence-electron chi connectivity index (χ1n) is 11.2. The largest absolute Gasteiger partial charge is 0.0654 e. The summed E-state index contributed by atoms with van der Waals surface area (Å²) in [4.78, 5) is 0. The minimum Gasteiger partial charge on any atom is -0.0654 e. The molecule has 0 unspecified atom stereocenters. The van der Waals surface area contributed by atoms with Gasteiger partial charge in [-0.05, 0) is 56.3 Å². The number of hydrogen-bond donors (Lipinski definition) is 0. The van der Waals surface area contributed by atoms with Gasteiger partial charge in [-0.1, -0.05) is 90.4 Å². The van der Waals surface area contributed by atoms with Crippen LogP contribution in [-0.4, -0.2) is 0 Å². The molecule has 0 aromatic carbocycles. The van der Waals surface area contributed by atoms with Crippen LogP contribution in [0.1, 0.15) is 129 Å². The van der Waals surface area contributed by atoms with Crippen LogP contribution in [-0.2, 0) is 0 Å². The van der Waals surface area contributed by atoms with Crippen molar-refractivity contribution in [3.63, 3.8) is 0 Å². The second kappa shape index (κ2) is 12.4. The Morgan fingerprint density at radius 1 is 0.652 bits per heavy atom. The molecule has 0 N–H and O–H groups in total. The van der Waals surface area contributed by atoms with Gasteiger partial charge in [-0.2, -0.15) is 0 Å². The molecule has 2 fully saturated rings. The molecule has 0 aliphatic heterocycles. The molecule has 0 amide bonds. The van der Waals surface area contributed by atoms with Crippen molar-refractivity contribution < 1.29 is 0 Å². The van der Waals surface area contributed by atoms with Crippen molar-refractivity contribution in [3.8, 4) is 0 Å². The molecule has 2 rings (SSSR count). The van der Waals surface area contributed by atoms with E-state index < -0.39 is 0 Å². The highest BCUT2D eigenvalue weighted by Crippen LogP contribution is 2.43. The fraction of sp³-hybridized carbons (Fsp3) is 0.957. The zero-order valence-corrected chi connectivity index (χ0v) is 16.1. The lowest BCUT2D eigenvalue weighted by atomic mass is 9.74. The summed E-state index contributed by atoms with van der Waals surface area (Å²) in [7, 11) is 0. The van der Waals surface area contributed by atoms with E-state index in [1.165, 1.54) is 122 Å². The molecule has 0 spiro atoms. The van der Waals surface area contributed by atoms with Crippen LogP contribution in [0.2, 0.25) is 0 Å². The monoisotopic (exact) mass is 319 g/mol. The van der Waals surface area contributed by atoms with Crippen LogP contribution in [0.25, 0.3) is 0 Å². The first kappa shape index (κ1) is 19.3. The Morgan fingerprint density at radius 2 is 1.17 bits per heavy atom. The summed E-state index contributed by atoms with van der Waals surface area (Å²) in [5.41, 5.74) is 0. The molecule has 0 saturated heterocycles. The Balaban J connectivity index is 1.36. The van der Waals surface area contributed by atoms with Gasteiger partial charge in [0.15, 0.2) is 0 Å². The van der Waals surface area contributed by atoms with Crippen molar-refractivity contribution in [2.24, 2.45) is 11.8 Å².